The predicted octanol–water partition coefficient (Wildman–Crippen LogP) is 6.46. The first kappa shape index (κ1) is 20.5. The Morgan fingerprint density at radius 2 is 2.03 bits per heavy atom. The molecule has 0 fully saturated rings. The molecule has 0 aliphatic heterocycles. The van der Waals surface area contributed by atoms with E-state index in [2.05, 4.69) is 26.0 Å². The number of aromatic nitrogens is 1. The molecule has 5 rings (SSSR count). The molecule has 0 N–H and O–H groups in total. The van der Waals surface area contributed by atoms with Crippen LogP contribution in [0, 0.1) is 10.1 Å². The number of thiophene rings is 1. The van der Waals surface area contributed by atoms with Crippen LogP contribution in [0.5, 0.6) is 0 Å². The van der Waals surface area contributed by atoms with Crippen LogP contribution in [0.2, 0.25) is 0 Å². The van der Waals surface area contributed by atoms with Gasteiger partial charge in [-0.2, -0.15) is 10.1 Å². The van der Waals surface area contributed by atoms with Gasteiger partial charge in [-0.05, 0) is 42.5 Å². The third kappa shape index (κ3) is 3.93. The zero-order chi connectivity index (χ0) is 22.2. The van der Waals surface area contributed by atoms with E-state index in [1.807, 2.05) is 18.2 Å². The summed E-state index contributed by atoms with van der Waals surface area (Å²) in [6.07, 6.45) is 2.96. The average molecular weight is 527 g/mol. The number of carbonyl (C=O) groups excluding carboxylic acids is 1. The average Bonchev–Trinajstić information content (AvgIpc) is 3.52. The number of nitro benzene ring substituents is 1. The van der Waals surface area contributed by atoms with Crippen molar-refractivity contribution in [3.63, 3.8) is 0 Å². The van der Waals surface area contributed by atoms with E-state index in [0.29, 0.717) is 21.2 Å². The van der Waals surface area contributed by atoms with Crippen molar-refractivity contribution >= 4 is 81.8 Å². The molecule has 0 saturated heterocycles. The van der Waals surface area contributed by atoms with Gasteiger partial charge in [0.25, 0.3) is 11.6 Å². The Labute approximate surface area is 196 Å². The monoisotopic (exact) mass is 526 g/mol. The Hall–Kier alpha value is -3.41. The first-order valence-electron chi connectivity index (χ1n) is 9.14. The number of thiazole rings is 1. The maximum atomic E-state index is 13.5. The fourth-order valence-corrected chi connectivity index (χ4v) is 5.44. The molecule has 0 bridgehead atoms. The molecule has 158 valence electrons. The molecule has 0 saturated carbocycles. The molecule has 3 heterocycles. The largest absolute Gasteiger partial charge is 0.463 e. The number of fused-ring (bicyclic) bond motifs is 2. The van der Waals surface area contributed by atoms with Gasteiger partial charge in [-0.3, -0.25) is 14.9 Å². The van der Waals surface area contributed by atoms with Gasteiger partial charge in [-0.15, -0.1) is 11.3 Å². The number of amides is 1. The fourth-order valence-electron chi connectivity index (χ4n) is 3.00. The Bertz CT molecular complexity index is 1510. The number of hydrogen-bond acceptors (Lipinski definition) is 8. The number of halogens is 1. The third-order valence-corrected chi connectivity index (χ3v) is 7.07. The SMILES string of the molecule is O=C(c1cc2cc([N+](=O)[O-])ccc2s1)N(/N=C/c1ccco1)c1nc2ccc(Br)cc2s1. The van der Waals surface area contributed by atoms with Gasteiger partial charge in [-0.1, -0.05) is 27.3 Å². The highest BCUT2D eigenvalue weighted by Gasteiger charge is 2.23. The summed E-state index contributed by atoms with van der Waals surface area (Å²) in [5.74, 6) is 0.0911. The van der Waals surface area contributed by atoms with Crippen LogP contribution in [-0.4, -0.2) is 22.0 Å². The second-order valence-corrected chi connectivity index (χ2v) is 9.58. The number of anilines is 1. The topological polar surface area (TPSA) is 102 Å². The van der Waals surface area contributed by atoms with Crippen LogP contribution in [-0.2, 0) is 0 Å². The van der Waals surface area contributed by atoms with Gasteiger partial charge in [0.2, 0.25) is 5.13 Å². The Morgan fingerprint density at radius 1 is 1.16 bits per heavy atom. The van der Waals surface area contributed by atoms with E-state index in [9.17, 15) is 14.9 Å². The van der Waals surface area contributed by atoms with Gasteiger partial charge in [-0.25, -0.2) is 4.98 Å². The summed E-state index contributed by atoms with van der Waals surface area (Å²) >= 11 is 6.01. The minimum Gasteiger partial charge on any atom is -0.463 e. The highest BCUT2D eigenvalue weighted by atomic mass is 79.9. The number of nitro groups is 1. The first-order valence-corrected chi connectivity index (χ1v) is 11.6. The highest BCUT2D eigenvalue weighted by Crippen LogP contribution is 2.34. The van der Waals surface area contributed by atoms with E-state index in [0.717, 1.165) is 19.4 Å². The van der Waals surface area contributed by atoms with Crippen molar-refractivity contribution in [2.75, 3.05) is 5.01 Å². The number of carbonyl (C=O) groups is 1. The summed E-state index contributed by atoms with van der Waals surface area (Å²) in [6.45, 7) is 0. The molecule has 2 aromatic carbocycles. The minimum atomic E-state index is -0.461. The first-order chi connectivity index (χ1) is 15.5. The molecule has 11 heteroatoms. The van der Waals surface area contributed by atoms with Crippen LogP contribution in [0.15, 0.2) is 74.9 Å². The molecular weight excluding hydrogens is 516 g/mol. The van der Waals surface area contributed by atoms with Crippen molar-refractivity contribution in [2.45, 2.75) is 0 Å². The minimum absolute atomic E-state index is 0.0289. The number of non-ortho nitro benzene ring substituents is 1. The normalized spacial score (nSPS) is 11.5. The predicted molar refractivity (Wildman–Crippen MR) is 129 cm³/mol. The molecule has 3 aromatic heterocycles. The van der Waals surface area contributed by atoms with E-state index in [1.165, 1.54) is 52.3 Å². The van der Waals surface area contributed by atoms with Crippen molar-refractivity contribution in [2.24, 2.45) is 5.10 Å². The fraction of sp³-hybridized carbons (Fsp3) is 0. The summed E-state index contributed by atoms with van der Waals surface area (Å²) in [4.78, 5) is 29.0. The summed E-state index contributed by atoms with van der Waals surface area (Å²) in [7, 11) is 0. The van der Waals surface area contributed by atoms with E-state index in [-0.39, 0.29) is 5.69 Å². The van der Waals surface area contributed by atoms with E-state index >= 15 is 0 Å². The maximum absolute atomic E-state index is 13.5. The quantitative estimate of drug-likeness (QED) is 0.148. The lowest BCUT2D eigenvalue weighted by Gasteiger charge is -2.12. The van der Waals surface area contributed by atoms with E-state index < -0.39 is 10.8 Å². The third-order valence-electron chi connectivity index (χ3n) is 4.48. The van der Waals surface area contributed by atoms with Gasteiger partial charge in [0.05, 0.1) is 32.5 Å². The maximum Gasteiger partial charge on any atom is 0.290 e. The van der Waals surface area contributed by atoms with Crippen molar-refractivity contribution in [3.05, 3.63) is 86.1 Å². The van der Waals surface area contributed by atoms with Gasteiger partial charge in [0, 0.05) is 26.7 Å². The van der Waals surface area contributed by atoms with Crippen molar-refractivity contribution in [1.82, 2.24) is 4.98 Å². The van der Waals surface area contributed by atoms with Crippen LogP contribution in [0.25, 0.3) is 20.3 Å². The molecule has 0 spiro atoms. The number of benzene rings is 2. The number of rotatable bonds is 5. The van der Waals surface area contributed by atoms with Crippen molar-refractivity contribution < 1.29 is 14.1 Å². The van der Waals surface area contributed by atoms with E-state index in [1.54, 1.807) is 24.3 Å². The Kier molecular flexibility index (Phi) is 5.29. The molecular formula is C21H11BrN4O4S2. The molecule has 0 unspecified atom stereocenters. The summed E-state index contributed by atoms with van der Waals surface area (Å²) in [6, 6.07) is 15.3. The summed E-state index contributed by atoms with van der Waals surface area (Å²) in [5, 5.41) is 17.7. The Balaban J connectivity index is 1.57. The molecule has 5 aromatic rings. The zero-order valence-electron chi connectivity index (χ0n) is 16.0. The second-order valence-electron chi connectivity index (χ2n) is 6.58. The smallest absolute Gasteiger partial charge is 0.290 e. The Morgan fingerprint density at radius 3 is 2.81 bits per heavy atom. The van der Waals surface area contributed by atoms with Gasteiger partial charge in [0.15, 0.2) is 0 Å². The molecule has 0 aliphatic rings. The number of hydrazone groups is 1. The van der Waals surface area contributed by atoms with Crippen LogP contribution >= 0.6 is 38.6 Å². The lowest BCUT2D eigenvalue weighted by atomic mass is 10.2. The van der Waals surface area contributed by atoms with Crippen LogP contribution in [0.4, 0.5) is 10.8 Å². The van der Waals surface area contributed by atoms with Gasteiger partial charge < -0.3 is 4.42 Å². The van der Waals surface area contributed by atoms with Crippen molar-refractivity contribution in [1.29, 1.82) is 0 Å². The molecule has 8 nitrogen and oxygen atoms in total. The lowest BCUT2D eigenvalue weighted by molar-refractivity contribution is -0.384. The zero-order valence-corrected chi connectivity index (χ0v) is 19.2. The summed E-state index contributed by atoms with van der Waals surface area (Å²) < 4.78 is 7.86. The van der Waals surface area contributed by atoms with Crippen LogP contribution < -0.4 is 5.01 Å². The molecule has 0 aliphatic carbocycles. The number of furan rings is 1. The van der Waals surface area contributed by atoms with E-state index in [4.69, 9.17) is 4.42 Å². The number of nitrogens with zero attached hydrogens (tertiary/aromatic N) is 4. The van der Waals surface area contributed by atoms with Crippen molar-refractivity contribution in [3.8, 4) is 0 Å². The lowest BCUT2D eigenvalue weighted by Crippen LogP contribution is -2.24. The standard InChI is InChI=1S/C21H11BrN4O4S2/c22-13-3-5-16-18(10-13)32-21(24-16)25(23-11-15-2-1-7-30-15)20(27)19-9-12-8-14(26(28)29)4-6-17(12)31-19/h1-11H/b23-11+. The summed E-state index contributed by atoms with van der Waals surface area (Å²) in [5.41, 5.74) is 0.713. The van der Waals surface area contributed by atoms with Crippen LogP contribution in [0.1, 0.15) is 15.4 Å². The second kappa shape index (κ2) is 8.26. The van der Waals surface area contributed by atoms with Gasteiger partial charge in [0.1, 0.15) is 5.76 Å². The molecule has 0 radical (unpaired) electrons. The molecule has 1 amide bonds. The molecule has 32 heavy (non-hydrogen) atoms. The van der Waals surface area contributed by atoms with Crippen LogP contribution in [0.3, 0.4) is 0 Å². The number of hydrogen-bond donors (Lipinski definition) is 0. The molecule has 0 atom stereocenters. The van der Waals surface area contributed by atoms with Gasteiger partial charge >= 0.3 is 0 Å². The highest BCUT2D eigenvalue weighted by molar-refractivity contribution is 9.10.